The van der Waals surface area contributed by atoms with Gasteiger partial charge in [0.05, 0.1) is 20.3 Å². The molecule has 5 aromatic carbocycles. The van der Waals surface area contributed by atoms with Crippen molar-refractivity contribution in [2.24, 2.45) is 5.92 Å². The standard InChI is InChI=1S/C45H48N2O7/c1-46-26-30-18-34(23-36(48)19-30)38(20-28-11-13-40(49)44(21-28)53-2)43(52)25-42(51)35(17-29-15-16-47-27-29)22-33-12-14-41(50)45(54-3)39(33)24-32-9-6-8-31-7-4-5-10-37(31)32/h4-16,18-19,21,23,27,35,38,42,46-51H,17,20,22,24-26H2,1-3H3. The van der Waals surface area contributed by atoms with E-state index in [0.717, 1.165) is 44.2 Å². The summed E-state index contributed by atoms with van der Waals surface area (Å²) < 4.78 is 11.1. The van der Waals surface area contributed by atoms with Gasteiger partial charge in [-0.25, -0.2) is 0 Å². The fourth-order valence-corrected chi connectivity index (χ4v) is 7.55. The van der Waals surface area contributed by atoms with E-state index < -0.39 is 12.0 Å². The van der Waals surface area contributed by atoms with Crippen LogP contribution in [0.25, 0.3) is 10.8 Å². The van der Waals surface area contributed by atoms with Crippen molar-refractivity contribution >= 4 is 16.6 Å². The Labute approximate surface area is 315 Å². The van der Waals surface area contributed by atoms with Crippen LogP contribution < -0.4 is 14.8 Å². The molecule has 54 heavy (non-hydrogen) atoms. The third kappa shape index (κ3) is 8.87. The maximum absolute atomic E-state index is 14.5. The summed E-state index contributed by atoms with van der Waals surface area (Å²) in [6, 6.07) is 30.0. The van der Waals surface area contributed by atoms with Crippen LogP contribution >= 0.6 is 0 Å². The Bertz CT molecular complexity index is 2190. The number of nitrogens with one attached hydrogen (secondary N) is 2. The van der Waals surface area contributed by atoms with E-state index in [4.69, 9.17) is 9.47 Å². The summed E-state index contributed by atoms with van der Waals surface area (Å²) in [5.74, 6) is -0.529. The second-order valence-electron chi connectivity index (χ2n) is 13.9. The lowest BCUT2D eigenvalue weighted by molar-refractivity contribution is -0.123. The molecule has 9 heteroatoms. The van der Waals surface area contributed by atoms with Crippen molar-refractivity contribution in [2.45, 2.75) is 50.7 Å². The number of phenolic OH excluding ortho intramolecular Hbond substituents is 3. The maximum Gasteiger partial charge on any atom is 0.164 e. The fraction of sp³-hybridized carbons (Fsp3) is 0.267. The predicted octanol–water partition coefficient (Wildman–Crippen LogP) is 7.36. The van der Waals surface area contributed by atoms with Crippen LogP contribution in [-0.2, 0) is 37.0 Å². The Morgan fingerprint density at radius 1 is 0.778 bits per heavy atom. The van der Waals surface area contributed by atoms with Crippen molar-refractivity contribution in [1.29, 1.82) is 0 Å². The lowest BCUT2D eigenvalue weighted by Gasteiger charge is -2.26. The number of aromatic nitrogens is 1. The first-order valence-corrected chi connectivity index (χ1v) is 18.2. The van der Waals surface area contributed by atoms with Crippen molar-refractivity contribution in [3.8, 4) is 28.7 Å². The van der Waals surface area contributed by atoms with Crippen molar-refractivity contribution in [3.05, 3.63) is 148 Å². The van der Waals surface area contributed by atoms with E-state index in [1.807, 2.05) is 55.8 Å². The van der Waals surface area contributed by atoms with Gasteiger partial charge < -0.3 is 40.2 Å². The number of aliphatic hydroxyl groups excluding tert-OH is 1. The lowest BCUT2D eigenvalue weighted by atomic mass is 9.80. The SMILES string of the molecule is CNCc1cc(O)cc(C(Cc2ccc(O)c(OC)c2)C(=O)CC(O)C(Cc2cc[nH]c2)Cc2ccc(O)c(OC)c2Cc2cccc3ccccc23)c1. The third-order valence-corrected chi connectivity index (χ3v) is 10.2. The molecule has 0 amide bonds. The van der Waals surface area contributed by atoms with Gasteiger partial charge in [-0.05, 0) is 113 Å². The number of hydrogen-bond acceptors (Lipinski definition) is 8. The number of carbonyl (C=O) groups is 1. The maximum atomic E-state index is 14.5. The molecule has 1 aromatic heterocycles. The molecule has 0 saturated heterocycles. The number of rotatable bonds is 17. The minimum absolute atomic E-state index is 0.00788. The number of aliphatic hydroxyl groups is 1. The summed E-state index contributed by atoms with van der Waals surface area (Å²) in [6.45, 7) is 0.494. The summed E-state index contributed by atoms with van der Waals surface area (Å²) in [5.41, 5.74) is 6.00. The molecule has 6 aromatic rings. The van der Waals surface area contributed by atoms with E-state index in [9.17, 15) is 25.2 Å². The highest BCUT2D eigenvalue weighted by molar-refractivity contribution is 5.87. The average molecular weight is 729 g/mol. The molecule has 280 valence electrons. The number of fused-ring (bicyclic) bond motifs is 1. The summed E-state index contributed by atoms with van der Waals surface area (Å²) in [4.78, 5) is 17.6. The molecule has 0 fully saturated rings. The van der Waals surface area contributed by atoms with Gasteiger partial charge in [-0.15, -0.1) is 0 Å². The van der Waals surface area contributed by atoms with Crippen molar-refractivity contribution in [2.75, 3.05) is 21.3 Å². The molecule has 3 unspecified atom stereocenters. The molecular formula is C45H48N2O7. The summed E-state index contributed by atoms with van der Waals surface area (Å²) >= 11 is 0. The first-order valence-electron chi connectivity index (χ1n) is 18.2. The summed E-state index contributed by atoms with van der Waals surface area (Å²) in [6.07, 6.45) is 4.21. The number of aromatic amines is 1. The second kappa shape index (κ2) is 17.4. The molecule has 0 radical (unpaired) electrons. The van der Waals surface area contributed by atoms with Gasteiger partial charge in [-0.3, -0.25) is 4.79 Å². The van der Waals surface area contributed by atoms with E-state index in [1.54, 1.807) is 37.4 Å². The van der Waals surface area contributed by atoms with Crippen LogP contribution in [0.3, 0.4) is 0 Å². The number of ether oxygens (including phenoxy) is 2. The average Bonchev–Trinajstić information content (AvgIpc) is 3.68. The van der Waals surface area contributed by atoms with Crippen LogP contribution in [0.1, 0.15) is 51.3 Å². The highest BCUT2D eigenvalue weighted by atomic mass is 16.5. The molecule has 0 spiro atoms. The van der Waals surface area contributed by atoms with Crippen molar-refractivity contribution < 1.29 is 34.7 Å². The van der Waals surface area contributed by atoms with Gasteiger partial charge in [0, 0.05) is 43.3 Å². The minimum Gasteiger partial charge on any atom is -0.508 e. The van der Waals surface area contributed by atoms with Gasteiger partial charge in [0.1, 0.15) is 11.5 Å². The zero-order valence-electron chi connectivity index (χ0n) is 30.9. The van der Waals surface area contributed by atoms with Crippen LogP contribution in [0.2, 0.25) is 0 Å². The van der Waals surface area contributed by atoms with Gasteiger partial charge in [0.25, 0.3) is 0 Å². The first-order chi connectivity index (χ1) is 26.2. The molecular weight excluding hydrogens is 681 g/mol. The van der Waals surface area contributed by atoms with Gasteiger partial charge >= 0.3 is 0 Å². The van der Waals surface area contributed by atoms with Crippen molar-refractivity contribution in [3.63, 3.8) is 0 Å². The molecule has 0 aliphatic carbocycles. The van der Waals surface area contributed by atoms with Gasteiger partial charge in [0.2, 0.25) is 0 Å². The molecule has 0 saturated carbocycles. The number of aromatic hydroxyl groups is 3. The molecule has 1 heterocycles. The highest BCUT2D eigenvalue weighted by Crippen LogP contribution is 2.38. The molecule has 0 bridgehead atoms. The highest BCUT2D eigenvalue weighted by Gasteiger charge is 2.30. The summed E-state index contributed by atoms with van der Waals surface area (Å²) in [7, 11) is 4.83. The Morgan fingerprint density at radius 2 is 1.57 bits per heavy atom. The Balaban J connectivity index is 1.34. The molecule has 6 N–H and O–H groups in total. The van der Waals surface area contributed by atoms with Crippen LogP contribution in [0.5, 0.6) is 28.7 Å². The number of carbonyl (C=O) groups excluding carboxylic acids is 1. The molecule has 0 aliphatic heterocycles. The van der Waals surface area contributed by atoms with E-state index >= 15 is 0 Å². The molecule has 3 atom stereocenters. The van der Waals surface area contributed by atoms with Gasteiger partial charge in [-0.1, -0.05) is 60.7 Å². The fourth-order valence-electron chi connectivity index (χ4n) is 7.55. The van der Waals surface area contributed by atoms with E-state index in [1.165, 1.54) is 13.2 Å². The minimum atomic E-state index is -1.04. The monoisotopic (exact) mass is 728 g/mol. The quantitative estimate of drug-likeness (QED) is 0.0572. The van der Waals surface area contributed by atoms with Crippen molar-refractivity contribution in [1.82, 2.24) is 10.3 Å². The number of hydrogen-bond donors (Lipinski definition) is 6. The Hall–Kier alpha value is -5.77. The number of phenols is 3. The predicted molar refractivity (Wildman–Crippen MR) is 211 cm³/mol. The normalized spacial score (nSPS) is 13.0. The topological polar surface area (TPSA) is 144 Å². The second-order valence-corrected chi connectivity index (χ2v) is 13.9. The van der Waals surface area contributed by atoms with Crippen LogP contribution in [0.15, 0.2) is 109 Å². The third-order valence-electron chi connectivity index (χ3n) is 10.2. The first kappa shape index (κ1) is 38.0. The molecule has 9 nitrogen and oxygen atoms in total. The zero-order valence-corrected chi connectivity index (χ0v) is 30.9. The number of H-pyrrole nitrogens is 1. The Kier molecular flexibility index (Phi) is 12.2. The van der Waals surface area contributed by atoms with Crippen LogP contribution in [-0.4, -0.2) is 58.6 Å². The lowest BCUT2D eigenvalue weighted by Crippen LogP contribution is -2.30. The number of Topliss-reactive ketones (excluding diaryl/α,β-unsaturated/α-hetero) is 1. The molecule has 0 aliphatic rings. The van der Waals surface area contributed by atoms with E-state index in [2.05, 4.69) is 34.6 Å². The smallest absolute Gasteiger partial charge is 0.164 e. The number of ketones is 1. The molecule has 6 rings (SSSR count). The Morgan fingerprint density at radius 3 is 2.33 bits per heavy atom. The summed E-state index contributed by atoms with van der Waals surface area (Å²) in [5, 5.41) is 49.3. The largest absolute Gasteiger partial charge is 0.508 e. The number of methoxy groups -OCH3 is 2. The van der Waals surface area contributed by atoms with E-state index in [-0.39, 0.29) is 41.8 Å². The number of benzene rings is 5. The zero-order chi connectivity index (χ0) is 38.2. The van der Waals surface area contributed by atoms with Gasteiger partial charge in [-0.2, -0.15) is 0 Å². The van der Waals surface area contributed by atoms with Crippen LogP contribution in [0, 0.1) is 5.92 Å². The van der Waals surface area contributed by atoms with E-state index in [0.29, 0.717) is 42.9 Å². The van der Waals surface area contributed by atoms with Crippen LogP contribution in [0.4, 0.5) is 0 Å². The van der Waals surface area contributed by atoms with Gasteiger partial charge in [0.15, 0.2) is 23.0 Å².